The van der Waals surface area contributed by atoms with Crippen LogP contribution in [0.1, 0.15) is 27.6 Å². The average Bonchev–Trinajstić information content (AvgIpc) is 2.73. The van der Waals surface area contributed by atoms with Gasteiger partial charge in [-0.2, -0.15) is 13.2 Å². The van der Waals surface area contributed by atoms with Gasteiger partial charge >= 0.3 is 12.1 Å². The summed E-state index contributed by atoms with van der Waals surface area (Å²) in [7, 11) is 0. The molecule has 1 amide bonds. The number of esters is 1. The van der Waals surface area contributed by atoms with Gasteiger partial charge in [-0.25, -0.2) is 4.79 Å². The van der Waals surface area contributed by atoms with Gasteiger partial charge < -0.3 is 10.1 Å². The second-order valence-corrected chi connectivity index (χ2v) is 7.74. The zero-order valence-electron chi connectivity index (χ0n) is 15.6. The van der Waals surface area contributed by atoms with Crippen molar-refractivity contribution in [1.82, 2.24) is 0 Å². The normalized spacial score (nSPS) is 12.2. The van der Waals surface area contributed by atoms with E-state index in [4.69, 9.17) is 16.3 Å². The molecular weight excluding hydrogens is 499 g/mol. The Kier molecular flexibility index (Phi) is 7.02. The predicted octanol–water partition coefficient (Wildman–Crippen LogP) is 6.66. The molecular formula is C22H14BrClF3NO3. The Balaban J connectivity index is 1.92. The molecule has 1 N–H and O–H groups in total. The molecule has 0 saturated heterocycles. The van der Waals surface area contributed by atoms with E-state index in [1.165, 1.54) is 30.3 Å². The summed E-state index contributed by atoms with van der Waals surface area (Å²) in [6.45, 7) is 0. The standard InChI is InChI=1S/C22H14BrClF3NO3/c23-15-8-4-7-14(11-15)21(30)31-19(13-5-2-1-3-6-13)20(29)28-18-10-9-16(24)12-17(18)22(25,26)27/h1-12,19H,(H,28,29)/t19-/m1/s1. The number of carbonyl (C=O) groups is 2. The maximum absolute atomic E-state index is 13.4. The van der Waals surface area contributed by atoms with Crippen LogP contribution in [0.25, 0.3) is 0 Å². The van der Waals surface area contributed by atoms with Crippen LogP contribution in [0.5, 0.6) is 0 Å². The van der Waals surface area contributed by atoms with Crippen molar-refractivity contribution in [3.63, 3.8) is 0 Å². The van der Waals surface area contributed by atoms with Gasteiger partial charge in [-0.1, -0.05) is 63.9 Å². The molecule has 3 aromatic rings. The molecule has 0 aliphatic rings. The Bertz CT molecular complexity index is 1110. The van der Waals surface area contributed by atoms with E-state index in [1.807, 2.05) is 0 Å². The number of anilines is 1. The summed E-state index contributed by atoms with van der Waals surface area (Å²) in [6.07, 6.45) is -6.23. The summed E-state index contributed by atoms with van der Waals surface area (Å²) in [5, 5.41) is 2.07. The predicted molar refractivity (Wildman–Crippen MR) is 114 cm³/mol. The van der Waals surface area contributed by atoms with Crippen molar-refractivity contribution in [2.75, 3.05) is 5.32 Å². The summed E-state index contributed by atoms with van der Waals surface area (Å²) in [6, 6.07) is 17.3. The van der Waals surface area contributed by atoms with Gasteiger partial charge in [0.1, 0.15) is 0 Å². The molecule has 9 heteroatoms. The van der Waals surface area contributed by atoms with Crippen LogP contribution in [0.2, 0.25) is 5.02 Å². The number of nitrogens with one attached hydrogen (secondary N) is 1. The molecule has 31 heavy (non-hydrogen) atoms. The average molecular weight is 513 g/mol. The van der Waals surface area contributed by atoms with Gasteiger partial charge in [0, 0.05) is 15.1 Å². The van der Waals surface area contributed by atoms with Gasteiger partial charge in [-0.3, -0.25) is 4.79 Å². The minimum absolute atomic E-state index is 0.133. The van der Waals surface area contributed by atoms with Crippen LogP contribution in [0.3, 0.4) is 0 Å². The Hall–Kier alpha value is -2.84. The van der Waals surface area contributed by atoms with Crippen molar-refractivity contribution in [2.24, 2.45) is 0 Å². The van der Waals surface area contributed by atoms with Crippen LogP contribution < -0.4 is 5.32 Å². The first-order chi connectivity index (χ1) is 14.6. The highest BCUT2D eigenvalue weighted by molar-refractivity contribution is 9.10. The highest BCUT2D eigenvalue weighted by Gasteiger charge is 2.35. The summed E-state index contributed by atoms with van der Waals surface area (Å²) < 4.78 is 46.1. The first-order valence-corrected chi connectivity index (χ1v) is 10.0. The van der Waals surface area contributed by atoms with Crippen LogP contribution in [0.4, 0.5) is 18.9 Å². The SMILES string of the molecule is O=C(O[C@@H](C(=O)Nc1ccc(Cl)cc1C(F)(F)F)c1ccccc1)c1cccc(Br)c1. The van der Waals surface area contributed by atoms with Crippen molar-refractivity contribution in [3.8, 4) is 0 Å². The number of benzene rings is 3. The molecule has 0 aromatic heterocycles. The molecule has 0 unspecified atom stereocenters. The fourth-order valence-electron chi connectivity index (χ4n) is 2.75. The van der Waals surface area contributed by atoms with E-state index in [1.54, 1.807) is 30.3 Å². The molecule has 0 bridgehead atoms. The molecule has 0 fully saturated rings. The maximum atomic E-state index is 13.4. The molecule has 0 aliphatic heterocycles. The molecule has 0 heterocycles. The van der Waals surface area contributed by atoms with Gasteiger partial charge in [-0.15, -0.1) is 0 Å². The number of halogens is 5. The minimum atomic E-state index is -4.75. The Morgan fingerprint density at radius 3 is 2.32 bits per heavy atom. The highest BCUT2D eigenvalue weighted by atomic mass is 79.9. The summed E-state index contributed by atoms with van der Waals surface area (Å²) in [5.41, 5.74) is -1.14. The van der Waals surface area contributed by atoms with Crippen LogP contribution in [-0.2, 0) is 15.7 Å². The van der Waals surface area contributed by atoms with E-state index >= 15 is 0 Å². The molecule has 4 nitrogen and oxygen atoms in total. The number of alkyl halides is 3. The van der Waals surface area contributed by atoms with Gasteiger partial charge in [0.25, 0.3) is 5.91 Å². The number of hydrogen-bond donors (Lipinski definition) is 1. The van der Waals surface area contributed by atoms with Gasteiger partial charge in [0.2, 0.25) is 6.10 Å². The number of hydrogen-bond acceptors (Lipinski definition) is 3. The molecule has 0 saturated carbocycles. The molecule has 0 aliphatic carbocycles. The van der Waals surface area contributed by atoms with Gasteiger partial charge in [-0.05, 0) is 36.4 Å². The Morgan fingerprint density at radius 2 is 1.68 bits per heavy atom. The number of rotatable bonds is 5. The molecule has 3 rings (SSSR count). The Labute approximate surface area is 189 Å². The van der Waals surface area contributed by atoms with Crippen molar-refractivity contribution in [1.29, 1.82) is 0 Å². The molecule has 0 spiro atoms. The third-order valence-electron chi connectivity index (χ3n) is 4.17. The first kappa shape index (κ1) is 22.8. The lowest BCUT2D eigenvalue weighted by atomic mass is 10.1. The highest BCUT2D eigenvalue weighted by Crippen LogP contribution is 2.37. The zero-order chi connectivity index (χ0) is 22.6. The van der Waals surface area contributed by atoms with Crippen LogP contribution in [-0.4, -0.2) is 11.9 Å². The third kappa shape index (κ3) is 5.86. The van der Waals surface area contributed by atoms with E-state index in [0.717, 1.165) is 6.07 Å². The van der Waals surface area contributed by atoms with Gasteiger partial charge in [0.05, 0.1) is 16.8 Å². The van der Waals surface area contributed by atoms with Crippen molar-refractivity contribution >= 4 is 45.1 Å². The second kappa shape index (κ2) is 9.53. The first-order valence-electron chi connectivity index (χ1n) is 8.84. The van der Waals surface area contributed by atoms with Crippen LogP contribution in [0, 0.1) is 0 Å². The fourth-order valence-corrected chi connectivity index (χ4v) is 3.32. The summed E-state index contributed by atoms with van der Waals surface area (Å²) in [5.74, 6) is -1.75. The number of carbonyl (C=O) groups excluding carboxylic acids is 2. The van der Waals surface area contributed by atoms with Gasteiger partial charge in [0.15, 0.2) is 0 Å². The summed E-state index contributed by atoms with van der Waals surface area (Å²) >= 11 is 8.92. The monoisotopic (exact) mass is 511 g/mol. The van der Waals surface area contributed by atoms with E-state index in [0.29, 0.717) is 16.1 Å². The smallest absolute Gasteiger partial charge is 0.418 e. The number of ether oxygens (including phenoxy) is 1. The van der Waals surface area contributed by atoms with Crippen LogP contribution >= 0.6 is 27.5 Å². The van der Waals surface area contributed by atoms with Crippen molar-refractivity contribution in [2.45, 2.75) is 12.3 Å². The molecule has 1 atom stereocenters. The van der Waals surface area contributed by atoms with E-state index in [-0.39, 0.29) is 10.6 Å². The quantitative estimate of drug-likeness (QED) is 0.389. The largest absolute Gasteiger partial charge is 0.444 e. The van der Waals surface area contributed by atoms with E-state index in [9.17, 15) is 22.8 Å². The molecule has 0 radical (unpaired) electrons. The lowest BCUT2D eigenvalue weighted by Crippen LogP contribution is -2.27. The minimum Gasteiger partial charge on any atom is -0.444 e. The zero-order valence-corrected chi connectivity index (χ0v) is 18.0. The lowest BCUT2D eigenvalue weighted by molar-refractivity contribution is -0.137. The maximum Gasteiger partial charge on any atom is 0.418 e. The fraction of sp³-hybridized carbons (Fsp3) is 0.0909. The summed E-state index contributed by atoms with van der Waals surface area (Å²) in [4.78, 5) is 25.5. The van der Waals surface area contributed by atoms with Crippen molar-refractivity contribution < 1.29 is 27.5 Å². The van der Waals surface area contributed by atoms with E-state index < -0.39 is 35.4 Å². The van der Waals surface area contributed by atoms with Crippen LogP contribution in [0.15, 0.2) is 77.3 Å². The molecule has 3 aromatic carbocycles. The van der Waals surface area contributed by atoms with E-state index in [2.05, 4.69) is 21.2 Å². The topological polar surface area (TPSA) is 55.4 Å². The lowest BCUT2D eigenvalue weighted by Gasteiger charge is -2.20. The molecule has 160 valence electrons. The number of amides is 1. The Morgan fingerprint density at radius 1 is 0.968 bits per heavy atom. The van der Waals surface area contributed by atoms with Crippen molar-refractivity contribution in [3.05, 3.63) is 99.0 Å². The third-order valence-corrected chi connectivity index (χ3v) is 4.90. The second-order valence-electron chi connectivity index (χ2n) is 6.38.